The number of H-pyrrole nitrogens is 5. The van der Waals surface area contributed by atoms with E-state index in [2.05, 4.69) is 121 Å². The van der Waals surface area contributed by atoms with Crippen molar-refractivity contribution in [3.8, 4) is 0 Å². The molecule has 40 heteroatoms. The van der Waals surface area contributed by atoms with Gasteiger partial charge in [0.05, 0.1) is 56.5 Å². The van der Waals surface area contributed by atoms with Gasteiger partial charge in [-0.3, -0.25) is 24.0 Å². The second-order valence-electron chi connectivity index (χ2n) is 37.8. The molecule has 5 amide bonds. The largest absolute Gasteiger partial charge is 0.365 e. The van der Waals surface area contributed by atoms with Gasteiger partial charge in [0.15, 0.2) is 0 Å². The summed E-state index contributed by atoms with van der Waals surface area (Å²) in [5, 5.41) is 19.9. The summed E-state index contributed by atoms with van der Waals surface area (Å²) in [6.45, 7) is 32.2. The zero-order chi connectivity index (χ0) is 96.4. The summed E-state index contributed by atoms with van der Waals surface area (Å²) in [6, 6.07) is 0.768. The molecule has 10 aromatic rings. The quantitative estimate of drug-likeness (QED) is 0.0250. The molecule has 10 fully saturated rings. The van der Waals surface area contributed by atoms with E-state index in [9.17, 15) is 67.9 Å². The van der Waals surface area contributed by atoms with Crippen molar-refractivity contribution in [3.63, 3.8) is 0 Å². The van der Waals surface area contributed by atoms with Gasteiger partial charge in [0.25, 0.3) is 29.6 Å². The summed E-state index contributed by atoms with van der Waals surface area (Å²) in [6.07, 6.45) is 32.6. The van der Waals surface area contributed by atoms with Crippen LogP contribution in [0, 0.1) is 11.8 Å². The third-order valence-corrected chi connectivity index (χ3v) is 28.4. The molecule has 0 bridgehead atoms. The van der Waals surface area contributed by atoms with Gasteiger partial charge in [-0.15, -0.1) is 0 Å². The van der Waals surface area contributed by atoms with E-state index in [1.165, 1.54) is 43.8 Å². The van der Waals surface area contributed by atoms with Crippen molar-refractivity contribution in [1.29, 1.82) is 0 Å². The molecule has 10 aliphatic rings. The predicted molar refractivity (Wildman–Crippen MR) is 494 cm³/mol. The number of carbonyl (C=O) groups is 5. The number of halogens is 10. The number of fused-ring (bicyclic) bond motifs is 5. The number of hydrogen-bond donors (Lipinski definition) is 10. The molecule has 17 atom stereocenters. The third kappa shape index (κ3) is 19.7. The first-order valence-electron chi connectivity index (χ1n) is 46.3. The van der Waals surface area contributed by atoms with E-state index in [0.29, 0.717) is 150 Å². The molecule has 10 N–H and O–H groups in total. The maximum atomic E-state index is 14.0. The summed E-state index contributed by atoms with van der Waals surface area (Å²) in [7, 11) is 0. The van der Waals surface area contributed by atoms with Gasteiger partial charge in [-0.2, -0.15) is 0 Å². The number of rotatable bonds is 20. The van der Waals surface area contributed by atoms with E-state index in [0.717, 1.165) is 64.2 Å². The molecule has 5 aliphatic carbocycles. The SMILES string of the molecule is C/C=C/C(=O)N1C[C@H](Nc2ncnc3[nH]cc(C4CC4(F)F)c23)CC[C@@H]1C.C/C=C/C(=O)N1C[C@H](Nc2ncnc3[nH]cc([C@H]4CC4(F)F)c23)CC[C@@H]1C.C=C(C)C(=O)N1C[C@H](Nc2ncnc3[nH]cc([C@H]4CC4(F)F)c23)CC[C@@H]1C.C=CC(=O)N1C[C@H](Nc2ncnc3[nH]cc([C@@H]4[C@H](C)C4(F)F)c23)CC[C@@H]1C.C=CC(=O)N1C[C@H](Nc2ncnc3[nH]cc([C@H]4[C@@H](C)C4(F)F)c23)CC[C@@H]1C. The molecule has 0 aromatic carbocycles. The van der Waals surface area contributed by atoms with Crippen LogP contribution in [0.5, 0.6) is 0 Å². The first-order valence-corrected chi connectivity index (χ1v) is 46.3. The molecule has 5 aliphatic heterocycles. The second kappa shape index (κ2) is 38.0. The van der Waals surface area contributed by atoms with Crippen molar-refractivity contribution in [2.45, 2.75) is 272 Å². The minimum absolute atomic E-state index is 0.00920. The molecule has 0 spiro atoms. The van der Waals surface area contributed by atoms with Crippen LogP contribution < -0.4 is 26.6 Å². The molecule has 135 heavy (non-hydrogen) atoms. The Balaban J connectivity index is 0.000000123. The Morgan fingerprint density at radius 2 is 0.570 bits per heavy atom. The van der Waals surface area contributed by atoms with Crippen molar-refractivity contribution >= 4 is 114 Å². The van der Waals surface area contributed by atoms with E-state index in [1.54, 1.807) is 85.9 Å². The Labute approximate surface area is 773 Å². The molecule has 30 nitrogen and oxygen atoms in total. The summed E-state index contributed by atoms with van der Waals surface area (Å²) < 4.78 is 138. The topological polar surface area (TPSA) is 370 Å². The summed E-state index contributed by atoms with van der Waals surface area (Å²) in [5.41, 5.74) is 6.02. The number of piperidine rings is 5. The number of aromatic nitrogens is 15. The minimum Gasteiger partial charge on any atom is -0.365 e. The number of amides is 5. The molecule has 15 heterocycles. The number of anilines is 5. The second-order valence-corrected chi connectivity index (χ2v) is 37.8. The zero-order valence-electron chi connectivity index (χ0n) is 76.9. The average molecular weight is 1880 g/mol. The third-order valence-electron chi connectivity index (χ3n) is 28.4. The van der Waals surface area contributed by atoms with Crippen molar-refractivity contribution in [3.05, 3.63) is 152 Å². The number of hydrogen-bond acceptors (Lipinski definition) is 20. The number of allylic oxidation sites excluding steroid dienone is 2. The maximum Gasteiger partial charge on any atom is 0.258 e. The first kappa shape index (κ1) is 95.6. The standard InChI is InChI=1S/5C19H23F2N5O/c1-10(2)18(27)26-8-12(5-4-11(26)3)25-17-15-13(14-6-19(14,20)21)7-22-16(15)23-9-24-17;2*1-4-14(27)26-8-12(6-5-10(26)2)25-18-15-13(16-11(3)19(16,20)21)7-22-17(15)23-9-24-18;2*1-3-4-15(27)26-9-12(6-5-11(26)2)25-18-16-13(14-7-19(14,20)21)8-22-17(16)23-10-24-18/h7,9,11-12,14H,1,4-6,8H2,2-3H3,(H2,22,23,24,25);2*4,7,9-12,16H,1,5-6,8H2,2-3H3,(H2,22,23,24,25);2*3-4,8,10-12,14H,5-7,9H2,1-2H3,(H2,22,23,24,25)/b;;;2*4-3+/t11-,12+,14+;10-,11+,12+,16+;10-,11-,12+,16-;11-,12+,14?;11-,12+,14+/m00000/s1. The number of likely N-dealkylation sites (tertiary alicyclic amines) is 5. The van der Waals surface area contributed by atoms with Crippen LogP contribution in [0.4, 0.5) is 73.0 Å². The van der Waals surface area contributed by atoms with E-state index < -0.39 is 71.0 Å². The van der Waals surface area contributed by atoms with Gasteiger partial charge < -0.3 is 76.0 Å². The molecule has 1 unspecified atom stereocenters. The van der Waals surface area contributed by atoms with E-state index in [-0.39, 0.29) is 109 Å². The maximum absolute atomic E-state index is 14.0. The fourth-order valence-corrected chi connectivity index (χ4v) is 19.9. The summed E-state index contributed by atoms with van der Waals surface area (Å²) in [4.78, 5) is 127. The Morgan fingerprint density at radius 3 is 0.785 bits per heavy atom. The van der Waals surface area contributed by atoms with Crippen molar-refractivity contribution in [2.24, 2.45) is 11.8 Å². The molecule has 5 saturated heterocycles. The highest BCUT2D eigenvalue weighted by Gasteiger charge is 2.68. The minimum atomic E-state index is -2.70. The molecular formula is C95H115F10N25O5. The van der Waals surface area contributed by atoms with Gasteiger partial charge in [-0.1, -0.05) is 45.7 Å². The van der Waals surface area contributed by atoms with E-state index in [1.807, 2.05) is 63.2 Å². The van der Waals surface area contributed by atoms with Gasteiger partial charge >= 0.3 is 0 Å². The van der Waals surface area contributed by atoms with Gasteiger partial charge in [0.2, 0.25) is 29.5 Å². The lowest BCUT2D eigenvalue weighted by molar-refractivity contribution is -0.131. The number of aromatic amines is 5. The highest BCUT2D eigenvalue weighted by atomic mass is 19.3. The summed E-state index contributed by atoms with van der Waals surface area (Å²) >= 11 is 0. The highest BCUT2D eigenvalue weighted by molar-refractivity contribution is 5.97. The van der Waals surface area contributed by atoms with Crippen molar-refractivity contribution < 1.29 is 67.9 Å². The van der Waals surface area contributed by atoms with Crippen LogP contribution in [0.1, 0.15) is 210 Å². The smallest absolute Gasteiger partial charge is 0.258 e. The van der Waals surface area contributed by atoms with Crippen LogP contribution in [-0.2, 0) is 24.0 Å². The number of carbonyl (C=O) groups excluding carboxylic acids is 5. The predicted octanol–water partition coefficient (Wildman–Crippen LogP) is 17.0. The van der Waals surface area contributed by atoms with E-state index in [4.69, 9.17) is 0 Å². The van der Waals surface area contributed by atoms with Crippen molar-refractivity contribution in [2.75, 3.05) is 59.3 Å². The van der Waals surface area contributed by atoms with Gasteiger partial charge in [-0.05, 0) is 172 Å². The lowest BCUT2D eigenvalue weighted by Gasteiger charge is -2.38. The molecular weight excluding hydrogens is 1760 g/mol. The molecule has 10 aromatic heterocycles. The van der Waals surface area contributed by atoms with Crippen LogP contribution >= 0.6 is 0 Å². The van der Waals surface area contributed by atoms with Gasteiger partial charge in [-0.25, -0.2) is 93.7 Å². The highest BCUT2D eigenvalue weighted by Crippen LogP contribution is 2.65. The van der Waals surface area contributed by atoms with Crippen LogP contribution in [-0.4, -0.2) is 252 Å². The molecule has 0 radical (unpaired) electrons. The molecule has 20 rings (SSSR count). The van der Waals surface area contributed by atoms with Crippen LogP contribution in [0.25, 0.3) is 55.2 Å². The Bertz CT molecular complexity index is 5890. The van der Waals surface area contributed by atoms with Crippen LogP contribution in [0.3, 0.4) is 0 Å². The fourth-order valence-electron chi connectivity index (χ4n) is 19.9. The van der Waals surface area contributed by atoms with Crippen LogP contribution in [0.15, 0.2) is 124 Å². The normalized spacial score (nSPS) is 28.1. The Kier molecular flexibility index (Phi) is 26.9. The zero-order valence-corrected chi connectivity index (χ0v) is 76.9. The monoisotopic (exact) mass is 1880 g/mol. The van der Waals surface area contributed by atoms with Gasteiger partial charge in [0.1, 0.15) is 89.0 Å². The van der Waals surface area contributed by atoms with E-state index >= 15 is 0 Å². The fraction of sp³-hybridized carbons (Fsp3) is 0.526. The number of nitrogens with one attached hydrogen (secondary N) is 10. The Hall–Kier alpha value is -12.6. The number of alkyl halides is 10. The molecule has 5 saturated carbocycles. The van der Waals surface area contributed by atoms with Crippen molar-refractivity contribution in [1.82, 2.24) is 99.3 Å². The van der Waals surface area contributed by atoms with Gasteiger partial charge in [0, 0.05) is 161 Å². The first-order chi connectivity index (χ1) is 64.3. The molecule has 720 valence electrons. The van der Waals surface area contributed by atoms with Crippen LogP contribution in [0.2, 0.25) is 0 Å². The summed E-state index contributed by atoms with van der Waals surface area (Å²) in [5.74, 6) is -16.3. The number of nitrogens with zero attached hydrogens (tertiary/aromatic N) is 15. The average Bonchev–Trinajstić information content (AvgIpc) is 1.55. The Morgan fingerprint density at radius 1 is 0.356 bits per heavy atom. The lowest BCUT2D eigenvalue weighted by atomic mass is 9.98. The lowest BCUT2D eigenvalue weighted by Crippen LogP contribution is -2.50.